The molecule has 6 nitrogen and oxygen atoms in total. The summed E-state index contributed by atoms with van der Waals surface area (Å²) < 4.78 is 0. The van der Waals surface area contributed by atoms with Crippen LogP contribution in [0.25, 0.3) is 0 Å². The van der Waals surface area contributed by atoms with Gasteiger partial charge in [-0.15, -0.1) is 5.06 Å². The predicted molar refractivity (Wildman–Crippen MR) is 118 cm³/mol. The fourth-order valence-electron chi connectivity index (χ4n) is 4.04. The van der Waals surface area contributed by atoms with Crippen molar-refractivity contribution in [2.75, 3.05) is 18.4 Å². The minimum atomic E-state index is -0.456. The number of anilines is 1. The molecule has 4 rings (SSSR count). The highest BCUT2D eigenvalue weighted by atomic mass is 16.7. The molecule has 2 heterocycles. The van der Waals surface area contributed by atoms with Crippen molar-refractivity contribution < 1.29 is 14.5 Å². The monoisotopic (exact) mass is 407 g/mol. The summed E-state index contributed by atoms with van der Waals surface area (Å²) in [6.45, 7) is 7.52. The largest absolute Gasteiger partial charge is 0.430 e. The second-order valence-corrected chi connectivity index (χ2v) is 8.53. The topological polar surface area (TPSA) is 63.2 Å². The number of oxime groups is 1. The predicted octanol–water partition coefficient (Wildman–Crippen LogP) is 5.24. The standard InChI is InChI=1S/C24H29N3O3/c1-17(2)20-6-4-5-7-21(20)25-23(28)29-27-14-12-24(13-15-27)16-22(26-30-24)19-10-8-18(3)9-11-19/h4-11,17H,12-16H2,1-3H3,(H,25,28). The molecule has 2 aromatic carbocycles. The van der Waals surface area contributed by atoms with Crippen molar-refractivity contribution in [3.05, 3.63) is 65.2 Å². The molecule has 0 unspecified atom stereocenters. The molecule has 30 heavy (non-hydrogen) atoms. The van der Waals surface area contributed by atoms with Gasteiger partial charge in [0.2, 0.25) is 0 Å². The van der Waals surface area contributed by atoms with Gasteiger partial charge in [-0.1, -0.05) is 67.0 Å². The molecule has 1 saturated heterocycles. The summed E-state index contributed by atoms with van der Waals surface area (Å²) in [4.78, 5) is 23.8. The van der Waals surface area contributed by atoms with Crippen LogP contribution in [-0.4, -0.2) is 35.6 Å². The third kappa shape index (κ3) is 4.49. The first kappa shape index (κ1) is 20.4. The molecule has 1 fully saturated rings. The molecule has 2 aromatic rings. The first-order valence-electron chi connectivity index (χ1n) is 10.6. The summed E-state index contributed by atoms with van der Waals surface area (Å²) in [5, 5.41) is 8.95. The van der Waals surface area contributed by atoms with E-state index < -0.39 is 6.09 Å². The Hall–Kier alpha value is -2.86. The number of nitrogens with one attached hydrogen (secondary N) is 1. The van der Waals surface area contributed by atoms with Crippen molar-refractivity contribution in [2.24, 2.45) is 5.16 Å². The van der Waals surface area contributed by atoms with Crippen LogP contribution in [0, 0.1) is 6.92 Å². The van der Waals surface area contributed by atoms with Crippen LogP contribution in [0.1, 0.15) is 55.7 Å². The highest BCUT2D eigenvalue weighted by molar-refractivity contribution is 6.01. The number of benzene rings is 2. The van der Waals surface area contributed by atoms with Crippen molar-refractivity contribution >= 4 is 17.5 Å². The van der Waals surface area contributed by atoms with Crippen LogP contribution in [0.15, 0.2) is 53.7 Å². The lowest BCUT2D eigenvalue weighted by Gasteiger charge is -2.35. The molecule has 6 heteroatoms. The van der Waals surface area contributed by atoms with E-state index in [4.69, 9.17) is 9.68 Å². The summed E-state index contributed by atoms with van der Waals surface area (Å²) >= 11 is 0. The first-order valence-corrected chi connectivity index (χ1v) is 10.6. The summed E-state index contributed by atoms with van der Waals surface area (Å²) in [7, 11) is 0. The van der Waals surface area contributed by atoms with Gasteiger partial charge in [0.1, 0.15) is 5.60 Å². The number of hydroxylamine groups is 2. The minimum Gasteiger partial charge on any atom is -0.388 e. The Labute approximate surface area is 177 Å². The number of rotatable bonds is 4. The summed E-state index contributed by atoms with van der Waals surface area (Å²) in [6, 6.07) is 16.2. The van der Waals surface area contributed by atoms with E-state index in [0.717, 1.165) is 41.8 Å². The maximum Gasteiger partial charge on any atom is 0.430 e. The van der Waals surface area contributed by atoms with Gasteiger partial charge in [-0.05, 0) is 30.0 Å². The van der Waals surface area contributed by atoms with Crippen molar-refractivity contribution in [1.82, 2.24) is 5.06 Å². The highest BCUT2D eigenvalue weighted by Crippen LogP contribution is 2.36. The summed E-state index contributed by atoms with van der Waals surface area (Å²) in [6.07, 6.45) is 1.87. The molecule has 0 radical (unpaired) electrons. The number of hydrogen-bond donors (Lipinski definition) is 1. The zero-order chi connectivity index (χ0) is 21.1. The van der Waals surface area contributed by atoms with Crippen LogP contribution in [0.5, 0.6) is 0 Å². The molecule has 0 aliphatic carbocycles. The Morgan fingerprint density at radius 3 is 2.53 bits per heavy atom. The highest BCUT2D eigenvalue weighted by Gasteiger charge is 2.43. The van der Waals surface area contributed by atoms with E-state index in [1.807, 2.05) is 24.3 Å². The number of para-hydroxylation sites is 1. The number of amides is 1. The molecule has 0 bridgehead atoms. The van der Waals surface area contributed by atoms with Gasteiger partial charge in [-0.25, -0.2) is 4.79 Å². The lowest BCUT2D eigenvalue weighted by atomic mass is 9.86. The smallest absolute Gasteiger partial charge is 0.388 e. The second-order valence-electron chi connectivity index (χ2n) is 8.53. The molecule has 1 spiro atoms. The number of aryl methyl sites for hydroxylation is 1. The second kappa shape index (κ2) is 8.48. The molecular formula is C24H29N3O3. The Balaban J connectivity index is 1.29. The van der Waals surface area contributed by atoms with Crippen molar-refractivity contribution in [1.29, 1.82) is 0 Å². The van der Waals surface area contributed by atoms with Crippen molar-refractivity contribution in [2.45, 2.75) is 51.6 Å². The number of carbonyl (C=O) groups excluding carboxylic acids is 1. The van der Waals surface area contributed by atoms with Gasteiger partial charge in [0.15, 0.2) is 0 Å². The van der Waals surface area contributed by atoms with E-state index in [-0.39, 0.29) is 5.60 Å². The quantitative estimate of drug-likeness (QED) is 0.753. The van der Waals surface area contributed by atoms with Crippen LogP contribution in [-0.2, 0) is 9.68 Å². The van der Waals surface area contributed by atoms with Gasteiger partial charge in [0, 0.05) is 38.0 Å². The van der Waals surface area contributed by atoms with Crippen LogP contribution >= 0.6 is 0 Å². The van der Waals surface area contributed by atoms with Gasteiger partial charge < -0.3 is 9.68 Å². The Kier molecular flexibility index (Phi) is 5.77. The minimum absolute atomic E-state index is 0.291. The van der Waals surface area contributed by atoms with Crippen LogP contribution in [0.2, 0.25) is 0 Å². The molecule has 0 saturated carbocycles. The maximum atomic E-state index is 12.4. The summed E-state index contributed by atoms with van der Waals surface area (Å²) in [5.41, 5.74) is 4.92. The van der Waals surface area contributed by atoms with Crippen LogP contribution in [0.3, 0.4) is 0 Å². The SMILES string of the molecule is Cc1ccc(C2=NOC3(CCN(OC(=O)Nc4ccccc4C(C)C)CC3)C2)cc1. The average molecular weight is 408 g/mol. The number of piperidine rings is 1. The van der Waals surface area contributed by atoms with Gasteiger partial charge in [-0.2, -0.15) is 0 Å². The van der Waals surface area contributed by atoms with Gasteiger partial charge >= 0.3 is 6.09 Å². The molecule has 158 valence electrons. The van der Waals surface area contributed by atoms with E-state index in [9.17, 15) is 4.79 Å². The zero-order valence-corrected chi connectivity index (χ0v) is 17.9. The van der Waals surface area contributed by atoms with E-state index in [1.165, 1.54) is 5.56 Å². The number of nitrogens with zero attached hydrogens (tertiary/aromatic N) is 2. The number of carbonyl (C=O) groups is 1. The van der Waals surface area contributed by atoms with E-state index in [0.29, 0.717) is 19.0 Å². The fourth-order valence-corrected chi connectivity index (χ4v) is 4.04. The molecule has 0 aromatic heterocycles. The molecule has 2 aliphatic rings. The fraction of sp³-hybridized carbons (Fsp3) is 0.417. The van der Waals surface area contributed by atoms with E-state index in [2.05, 4.69) is 55.5 Å². The number of hydrogen-bond acceptors (Lipinski definition) is 5. The molecule has 1 N–H and O–H groups in total. The lowest BCUT2D eigenvalue weighted by molar-refractivity contribution is -0.154. The third-order valence-electron chi connectivity index (χ3n) is 5.89. The zero-order valence-electron chi connectivity index (χ0n) is 17.9. The third-order valence-corrected chi connectivity index (χ3v) is 5.89. The molecule has 0 atom stereocenters. The molecule has 2 aliphatic heterocycles. The molecular weight excluding hydrogens is 378 g/mol. The maximum absolute atomic E-state index is 12.4. The van der Waals surface area contributed by atoms with Gasteiger partial charge in [0.25, 0.3) is 0 Å². The van der Waals surface area contributed by atoms with E-state index >= 15 is 0 Å². The Morgan fingerprint density at radius 2 is 1.83 bits per heavy atom. The van der Waals surface area contributed by atoms with Crippen LogP contribution in [0.4, 0.5) is 10.5 Å². The van der Waals surface area contributed by atoms with Gasteiger partial charge in [-0.3, -0.25) is 5.32 Å². The average Bonchev–Trinajstić information content (AvgIpc) is 3.14. The van der Waals surface area contributed by atoms with Crippen molar-refractivity contribution in [3.8, 4) is 0 Å². The van der Waals surface area contributed by atoms with Crippen LogP contribution < -0.4 is 5.32 Å². The molecule has 1 amide bonds. The first-order chi connectivity index (χ1) is 14.4. The van der Waals surface area contributed by atoms with Gasteiger partial charge in [0.05, 0.1) is 5.71 Å². The Bertz CT molecular complexity index is 929. The van der Waals surface area contributed by atoms with E-state index in [1.54, 1.807) is 5.06 Å². The van der Waals surface area contributed by atoms with Crippen molar-refractivity contribution in [3.63, 3.8) is 0 Å². The lowest BCUT2D eigenvalue weighted by Crippen LogP contribution is -2.45. The normalized spacial score (nSPS) is 18.2. The Morgan fingerprint density at radius 1 is 1.13 bits per heavy atom. The summed E-state index contributed by atoms with van der Waals surface area (Å²) in [5.74, 6) is 0.318.